The van der Waals surface area contributed by atoms with Crippen LogP contribution in [0.5, 0.6) is 0 Å². The lowest BCUT2D eigenvalue weighted by Crippen LogP contribution is -2.24. The number of nitrogens with two attached hydrogens (primary N) is 1. The van der Waals surface area contributed by atoms with E-state index in [0.29, 0.717) is 5.16 Å². The monoisotopic (exact) mass is 247 g/mol. The molecule has 88 valence electrons. The van der Waals surface area contributed by atoms with Crippen molar-refractivity contribution in [1.29, 1.82) is 5.41 Å². The number of rotatable bonds is 3. The van der Waals surface area contributed by atoms with Gasteiger partial charge in [0.05, 0.1) is 0 Å². The van der Waals surface area contributed by atoms with Gasteiger partial charge in [-0.3, -0.25) is 5.41 Å². The quantitative estimate of drug-likeness (QED) is 0.798. The summed E-state index contributed by atoms with van der Waals surface area (Å²) in [5.41, 5.74) is 6.96. The summed E-state index contributed by atoms with van der Waals surface area (Å²) in [5.74, 6) is 0.996. The molecule has 0 aliphatic heterocycles. The molecule has 0 aliphatic rings. The van der Waals surface area contributed by atoms with Crippen LogP contribution in [-0.4, -0.2) is 14.8 Å². The van der Waals surface area contributed by atoms with E-state index in [4.69, 9.17) is 11.1 Å². The summed E-state index contributed by atoms with van der Waals surface area (Å²) >= 11 is 1.50. The second-order valence-corrected chi connectivity index (χ2v) is 4.47. The van der Waals surface area contributed by atoms with Gasteiger partial charge in [0.1, 0.15) is 0 Å². The number of benzene rings is 1. The molecule has 1 heterocycles. The van der Waals surface area contributed by atoms with Crippen LogP contribution in [0.3, 0.4) is 0 Å². The van der Waals surface area contributed by atoms with Crippen LogP contribution >= 0.6 is 11.8 Å². The van der Waals surface area contributed by atoms with Crippen LogP contribution in [0.1, 0.15) is 5.56 Å². The van der Waals surface area contributed by atoms with Crippen molar-refractivity contribution in [2.45, 2.75) is 10.9 Å². The lowest BCUT2D eigenvalue weighted by Gasteiger charge is -2.04. The minimum Gasteiger partial charge on any atom is -0.380 e. The number of aryl methyl sites for hydroxylation is 1. The topological polar surface area (TPSA) is 80.6 Å². The predicted molar refractivity (Wildman–Crippen MR) is 67.3 cm³/mol. The first kappa shape index (κ1) is 11.7. The smallest absolute Gasteiger partial charge is 0.209 e. The van der Waals surface area contributed by atoms with Crippen LogP contribution in [0.4, 0.5) is 5.82 Å². The van der Waals surface area contributed by atoms with Gasteiger partial charge in [0.25, 0.3) is 0 Å². The van der Waals surface area contributed by atoms with Crippen molar-refractivity contribution >= 4 is 17.6 Å². The van der Waals surface area contributed by atoms with Crippen LogP contribution in [0.25, 0.3) is 0 Å². The maximum Gasteiger partial charge on any atom is 0.209 e. The maximum absolute atomic E-state index is 7.54. The van der Waals surface area contributed by atoms with Gasteiger partial charge in [-0.05, 0) is 5.56 Å². The van der Waals surface area contributed by atoms with Crippen molar-refractivity contribution < 1.29 is 0 Å². The van der Waals surface area contributed by atoms with Gasteiger partial charge in [-0.25, -0.2) is 9.67 Å². The summed E-state index contributed by atoms with van der Waals surface area (Å²) in [4.78, 5) is 4.07. The summed E-state index contributed by atoms with van der Waals surface area (Å²) in [6.07, 6.45) is 0. The molecule has 17 heavy (non-hydrogen) atoms. The third-order valence-corrected chi connectivity index (χ3v) is 3.14. The Morgan fingerprint density at radius 1 is 1.35 bits per heavy atom. The number of hydrogen-bond acceptors (Lipinski definition) is 5. The summed E-state index contributed by atoms with van der Waals surface area (Å²) in [6, 6.07) is 10.1. The fraction of sp³-hybridized carbons (Fsp3) is 0.182. The maximum atomic E-state index is 7.54. The van der Waals surface area contributed by atoms with Crippen LogP contribution in [-0.2, 0) is 12.8 Å². The van der Waals surface area contributed by atoms with E-state index in [9.17, 15) is 0 Å². The van der Waals surface area contributed by atoms with E-state index in [-0.39, 0.29) is 11.3 Å². The minimum absolute atomic E-state index is 0.133. The second kappa shape index (κ2) is 5.01. The molecule has 0 saturated carbocycles. The van der Waals surface area contributed by atoms with Crippen LogP contribution in [0.15, 0.2) is 35.5 Å². The van der Waals surface area contributed by atoms with Crippen molar-refractivity contribution in [2.75, 3.05) is 5.73 Å². The summed E-state index contributed by atoms with van der Waals surface area (Å²) in [7, 11) is 1.69. The average molecular weight is 247 g/mol. The van der Waals surface area contributed by atoms with Gasteiger partial charge >= 0.3 is 0 Å². The minimum atomic E-state index is 0.133. The molecule has 5 nitrogen and oxygen atoms in total. The number of nitrogen functional groups attached to an aromatic ring is 1. The number of nitrogens with one attached hydrogen (secondary N) is 1. The molecular weight excluding hydrogens is 234 g/mol. The number of anilines is 1. The molecule has 2 aromatic rings. The van der Waals surface area contributed by atoms with Crippen molar-refractivity contribution in [2.24, 2.45) is 7.05 Å². The normalized spacial score (nSPS) is 10.4. The van der Waals surface area contributed by atoms with Crippen LogP contribution < -0.4 is 11.2 Å². The van der Waals surface area contributed by atoms with E-state index in [2.05, 4.69) is 22.2 Å². The first-order chi connectivity index (χ1) is 8.16. The zero-order valence-electron chi connectivity index (χ0n) is 9.42. The largest absolute Gasteiger partial charge is 0.380 e. The van der Waals surface area contributed by atoms with E-state index in [1.807, 2.05) is 18.2 Å². The molecule has 0 aliphatic carbocycles. The molecule has 0 bridgehead atoms. The Hall–Kier alpha value is -1.82. The molecule has 0 fully saturated rings. The third kappa shape index (κ3) is 2.85. The third-order valence-electron chi connectivity index (χ3n) is 2.23. The molecule has 1 aromatic carbocycles. The average Bonchev–Trinajstić information content (AvgIpc) is 2.34. The van der Waals surface area contributed by atoms with E-state index >= 15 is 0 Å². The lowest BCUT2D eigenvalue weighted by atomic mass is 10.2. The SMILES string of the molecule is Cn1nc(SCc2ccccc2)nc(N)c1=N. The van der Waals surface area contributed by atoms with E-state index in [1.54, 1.807) is 7.05 Å². The highest BCUT2D eigenvalue weighted by atomic mass is 32.2. The van der Waals surface area contributed by atoms with Gasteiger partial charge in [-0.1, -0.05) is 42.1 Å². The van der Waals surface area contributed by atoms with Crippen molar-refractivity contribution in [3.8, 4) is 0 Å². The Bertz CT molecular complexity index is 538. The van der Waals surface area contributed by atoms with Gasteiger partial charge in [-0.2, -0.15) is 0 Å². The van der Waals surface area contributed by atoms with Gasteiger partial charge in [0.2, 0.25) is 5.16 Å². The highest BCUT2D eigenvalue weighted by molar-refractivity contribution is 7.98. The zero-order chi connectivity index (χ0) is 12.3. The standard InChI is InChI=1S/C11H13N5S/c1-16-10(13)9(12)14-11(15-16)17-7-8-5-3-2-4-6-8/h2-6,13H,7H2,1H3,(H2,12,14,15). The molecular formula is C11H13N5S. The molecule has 0 amide bonds. The molecule has 2 rings (SSSR count). The molecule has 1 aromatic heterocycles. The predicted octanol–water partition coefficient (Wildman–Crippen LogP) is 1.17. The molecule has 0 radical (unpaired) electrons. The number of aromatic nitrogens is 3. The van der Waals surface area contributed by atoms with Crippen molar-refractivity contribution in [3.63, 3.8) is 0 Å². The molecule has 6 heteroatoms. The van der Waals surface area contributed by atoms with Gasteiger partial charge in [0.15, 0.2) is 11.3 Å². The number of thioether (sulfide) groups is 1. The Kier molecular flexibility index (Phi) is 3.43. The Morgan fingerprint density at radius 3 is 2.71 bits per heavy atom. The van der Waals surface area contributed by atoms with E-state index in [0.717, 1.165) is 5.75 Å². The number of hydrogen-bond donors (Lipinski definition) is 2. The van der Waals surface area contributed by atoms with Crippen LogP contribution in [0.2, 0.25) is 0 Å². The Morgan fingerprint density at radius 2 is 2.06 bits per heavy atom. The first-order valence-electron chi connectivity index (χ1n) is 5.09. The number of nitrogens with zero attached hydrogens (tertiary/aromatic N) is 3. The van der Waals surface area contributed by atoms with Gasteiger partial charge in [-0.15, -0.1) is 5.10 Å². The van der Waals surface area contributed by atoms with Crippen molar-refractivity contribution in [1.82, 2.24) is 14.8 Å². The van der Waals surface area contributed by atoms with E-state index in [1.165, 1.54) is 22.0 Å². The summed E-state index contributed by atoms with van der Waals surface area (Å²) < 4.78 is 1.43. The Balaban J connectivity index is 2.13. The Labute approximate surface area is 103 Å². The van der Waals surface area contributed by atoms with Crippen molar-refractivity contribution in [3.05, 3.63) is 41.4 Å². The lowest BCUT2D eigenvalue weighted by molar-refractivity contribution is 0.620. The fourth-order valence-corrected chi connectivity index (χ4v) is 2.14. The molecule has 0 spiro atoms. The molecule has 0 atom stereocenters. The highest BCUT2D eigenvalue weighted by Gasteiger charge is 2.03. The molecule has 0 saturated heterocycles. The van der Waals surface area contributed by atoms with E-state index < -0.39 is 0 Å². The highest BCUT2D eigenvalue weighted by Crippen LogP contribution is 2.18. The first-order valence-corrected chi connectivity index (χ1v) is 6.07. The van der Waals surface area contributed by atoms with Crippen LogP contribution in [0, 0.1) is 5.41 Å². The fourth-order valence-electron chi connectivity index (χ4n) is 1.31. The zero-order valence-corrected chi connectivity index (χ0v) is 10.2. The van der Waals surface area contributed by atoms with Gasteiger partial charge < -0.3 is 5.73 Å². The summed E-state index contributed by atoms with van der Waals surface area (Å²) in [5, 5.41) is 12.3. The van der Waals surface area contributed by atoms with Gasteiger partial charge in [0, 0.05) is 12.8 Å². The molecule has 0 unspecified atom stereocenters. The summed E-state index contributed by atoms with van der Waals surface area (Å²) in [6.45, 7) is 0. The molecule has 3 N–H and O–H groups in total. The second-order valence-electron chi connectivity index (χ2n) is 3.53.